The largest absolute Gasteiger partial charge is 0.303 e. The number of hydrogen-bond acceptors (Lipinski definition) is 5. The smallest absolute Gasteiger partial charge is 0.199 e. The van der Waals surface area contributed by atoms with Gasteiger partial charge in [-0.1, -0.05) is 18.5 Å². The lowest BCUT2D eigenvalue weighted by molar-refractivity contribution is 0.164. The number of rotatable bonds is 5. The van der Waals surface area contributed by atoms with Gasteiger partial charge in [-0.05, 0) is 49.4 Å². The molecule has 1 aromatic carbocycles. The second-order valence-corrected chi connectivity index (χ2v) is 9.31. The molecule has 1 fully saturated rings. The Balaban J connectivity index is 1.86. The molecule has 2 aromatic rings. The van der Waals surface area contributed by atoms with Gasteiger partial charge in [0.1, 0.15) is 0 Å². The highest BCUT2D eigenvalue weighted by molar-refractivity contribution is 7.91. The van der Waals surface area contributed by atoms with Crippen LogP contribution in [0.15, 0.2) is 24.3 Å². The summed E-state index contributed by atoms with van der Waals surface area (Å²) in [6, 6.07) is 7.48. The lowest BCUT2D eigenvalue weighted by Crippen LogP contribution is -2.37. The van der Waals surface area contributed by atoms with E-state index >= 15 is 0 Å². The quantitative estimate of drug-likeness (QED) is 0.722. The monoisotopic (exact) mass is 400 g/mol. The van der Waals surface area contributed by atoms with Crippen LogP contribution in [0.3, 0.4) is 0 Å². The molecular weight excluding hydrogens is 380 g/mol. The van der Waals surface area contributed by atoms with Gasteiger partial charge in [0, 0.05) is 23.7 Å². The number of sulfone groups is 1. The van der Waals surface area contributed by atoms with Crippen LogP contribution in [0.1, 0.15) is 13.3 Å². The minimum Gasteiger partial charge on any atom is -0.303 e. The Labute approximate surface area is 157 Å². The van der Waals surface area contributed by atoms with Gasteiger partial charge in [0.05, 0.1) is 18.2 Å². The van der Waals surface area contributed by atoms with E-state index in [0.29, 0.717) is 22.9 Å². The molecule has 0 saturated carbocycles. The van der Waals surface area contributed by atoms with Gasteiger partial charge in [-0.2, -0.15) is 5.10 Å². The summed E-state index contributed by atoms with van der Waals surface area (Å²) in [6.45, 7) is 3.25. The number of aromatic nitrogens is 3. The molecule has 1 aliphatic rings. The molecule has 136 valence electrons. The van der Waals surface area contributed by atoms with Gasteiger partial charge >= 0.3 is 0 Å². The van der Waals surface area contributed by atoms with Crippen molar-refractivity contribution in [2.45, 2.75) is 26.1 Å². The molecule has 0 amide bonds. The molecule has 0 aliphatic carbocycles. The molecule has 9 heteroatoms. The fraction of sp³-hybridized carbons (Fsp3) is 0.500. The Kier molecular flexibility index (Phi) is 5.34. The minimum absolute atomic E-state index is 0.0258. The third kappa shape index (κ3) is 3.97. The van der Waals surface area contributed by atoms with Crippen molar-refractivity contribution >= 4 is 33.7 Å². The van der Waals surface area contributed by atoms with Crippen molar-refractivity contribution in [3.05, 3.63) is 34.1 Å². The van der Waals surface area contributed by atoms with E-state index < -0.39 is 9.84 Å². The number of nitrogens with zero attached hydrogens (tertiary/aromatic N) is 4. The maximum Gasteiger partial charge on any atom is 0.199 e. The van der Waals surface area contributed by atoms with E-state index in [9.17, 15) is 8.42 Å². The standard InChI is InChI=1S/C16H21ClN4O2S2/c1-3-20(14-8-9-25(22,23)10-14)11-21-16(24)19(2)15(18-21)12-4-6-13(17)7-5-12/h4-7,14H,3,8-11H2,1-2H3/t14-/m1/s1. The zero-order chi connectivity index (χ0) is 18.2. The van der Waals surface area contributed by atoms with E-state index in [2.05, 4.69) is 10.00 Å². The first-order chi connectivity index (χ1) is 11.8. The van der Waals surface area contributed by atoms with Crippen LogP contribution in [0.25, 0.3) is 11.4 Å². The summed E-state index contributed by atoms with van der Waals surface area (Å²) in [4.78, 5) is 2.12. The Morgan fingerprint density at radius 2 is 2.04 bits per heavy atom. The average Bonchev–Trinajstić information content (AvgIpc) is 3.07. The van der Waals surface area contributed by atoms with Crippen molar-refractivity contribution in [3.8, 4) is 11.4 Å². The number of halogens is 1. The van der Waals surface area contributed by atoms with Crippen molar-refractivity contribution in [1.29, 1.82) is 0 Å². The topological polar surface area (TPSA) is 60.1 Å². The zero-order valence-corrected chi connectivity index (χ0v) is 16.6. The molecule has 1 aromatic heterocycles. The van der Waals surface area contributed by atoms with Crippen molar-refractivity contribution < 1.29 is 8.42 Å². The molecule has 0 bridgehead atoms. The second-order valence-electron chi connectivity index (χ2n) is 6.27. The summed E-state index contributed by atoms with van der Waals surface area (Å²) in [5, 5.41) is 5.32. The zero-order valence-electron chi connectivity index (χ0n) is 14.2. The summed E-state index contributed by atoms with van der Waals surface area (Å²) in [5.74, 6) is 1.24. The van der Waals surface area contributed by atoms with Crippen LogP contribution in [-0.2, 0) is 23.6 Å². The normalized spacial score (nSPS) is 19.6. The van der Waals surface area contributed by atoms with Crippen molar-refractivity contribution in [2.75, 3.05) is 18.1 Å². The maximum absolute atomic E-state index is 11.8. The van der Waals surface area contributed by atoms with Gasteiger partial charge in [0.25, 0.3) is 0 Å². The van der Waals surface area contributed by atoms with Crippen molar-refractivity contribution in [2.24, 2.45) is 7.05 Å². The van der Waals surface area contributed by atoms with Gasteiger partial charge in [0.15, 0.2) is 20.4 Å². The highest BCUT2D eigenvalue weighted by atomic mass is 35.5. The molecule has 0 spiro atoms. The molecule has 1 atom stereocenters. The predicted octanol–water partition coefficient (Wildman–Crippen LogP) is 2.74. The van der Waals surface area contributed by atoms with E-state index in [1.807, 2.05) is 42.8 Å². The van der Waals surface area contributed by atoms with Gasteiger partial charge in [-0.25, -0.2) is 13.1 Å². The Morgan fingerprint density at radius 3 is 2.60 bits per heavy atom. The molecule has 0 radical (unpaired) electrons. The highest BCUT2D eigenvalue weighted by Gasteiger charge is 2.32. The fourth-order valence-electron chi connectivity index (χ4n) is 3.14. The average molecular weight is 401 g/mol. The Bertz CT molecular complexity index is 919. The molecule has 0 N–H and O–H groups in total. The number of hydrogen-bond donors (Lipinski definition) is 0. The first-order valence-corrected chi connectivity index (χ1v) is 10.8. The van der Waals surface area contributed by atoms with Crippen molar-refractivity contribution in [1.82, 2.24) is 19.2 Å². The van der Waals surface area contributed by atoms with Crippen LogP contribution in [0.4, 0.5) is 0 Å². The Hall–Kier alpha value is -1.22. The van der Waals surface area contributed by atoms with Crippen LogP contribution in [0, 0.1) is 4.77 Å². The van der Waals surface area contributed by atoms with Gasteiger partial charge in [-0.15, -0.1) is 0 Å². The Morgan fingerprint density at radius 1 is 1.36 bits per heavy atom. The molecular formula is C16H21ClN4O2S2. The summed E-state index contributed by atoms with van der Waals surface area (Å²) >= 11 is 11.5. The molecule has 1 saturated heterocycles. The number of benzene rings is 1. The molecule has 2 heterocycles. The van der Waals surface area contributed by atoms with Crippen LogP contribution in [-0.4, -0.2) is 51.8 Å². The summed E-state index contributed by atoms with van der Waals surface area (Å²) < 4.78 is 27.8. The summed E-state index contributed by atoms with van der Waals surface area (Å²) in [6.07, 6.45) is 0.667. The van der Waals surface area contributed by atoms with Crippen LogP contribution in [0.2, 0.25) is 5.02 Å². The highest BCUT2D eigenvalue weighted by Crippen LogP contribution is 2.22. The third-order valence-electron chi connectivity index (χ3n) is 4.59. The summed E-state index contributed by atoms with van der Waals surface area (Å²) in [7, 11) is -1.04. The first kappa shape index (κ1) is 18.6. The SMILES string of the molecule is CCN(Cn1nc(-c2ccc(Cl)cc2)n(C)c1=S)[C@@H]1CCS(=O)(=O)C1. The van der Waals surface area contributed by atoms with Crippen LogP contribution < -0.4 is 0 Å². The molecule has 3 rings (SSSR count). The lowest BCUT2D eigenvalue weighted by Gasteiger charge is -2.25. The first-order valence-electron chi connectivity index (χ1n) is 8.15. The maximum atomic E-state index is 11.8. The second kappa shape index (κ2) is 7.19. The molecule has 1 aliphatic heterocycles. The van der Waals surface area contributed by atoms with Crippen LogP contribution >= 0.6 is 23.8 Å². The lowest BCUT2D eigenvalue weighted by atomic mass is 10.2. The van der Waals surface area contributed by atoms with E-state index in [4.69, 9.17) is 23.8 Å². The van der Waals surface area contributed by atoms with Gasteiger partial charge in [0.2, 0.25) is 0 Å². The molecule has 6 nitrogen and oxygen atoms in total. The van der Waals surface area contributed by atoms with E-state index in [1.165, 1.54) is 0 Å². The minimum atomic E-state index is -2.92. The van der Waals surface area contributed by atoms with E-state index in [1.54, 1.807) is 4.68 Å². The fourth-order valence-corrected chi connectivity index (χ4v) is 5.21. The molecule has 0 unspecified atom stereocenters. The van der Waals surface area contributed by atoms with Gasteiger partial charge in [-0.3, -0.25) is 4.90 Å². The van der Waals surface area contributed by atoms with Gasteiger partial charge < -0.3 is 4.57 Å². The predicted molar refractivity (Wildman–Crippen MR) is 102 cm³/mol. The van der Waals surface area contributed by atoms with E-state index in [-0.39, 0.29) is 17.5 Å². The van der Waals surface area contributed by atoms with Crippen molar-refractivity contribution in [3.63, 3.8) is 0 Å². The summed E-state index contributed by atoms with van der Waals surface area (Å²) in [5.41, 5.74) is 0.934. The van der Waals surface area contributed by atoms with E-state index in [0.717, 1.165) is 17.9 Å². The third-order valence-corrected chi connectivity index (χ3v) is 7.08. The molecule has 25 heavy (non-hydrogen) atoms. The van der Waals surface area contributed by atoms with Crippen LogP contribution in [0.5, 0.6) is 0 Å².